The van der Waals surface area contributed by atoms with Gasteiger partial charge in [0.15, 0.2) is 11.5 Å². The zero-order valence-electron chi connectivity index (χ0n) is 23.0. The molecule has 4 rings (SSSR count). The Hall–Kier alpha value is -4.33. The molecule has 1 aliphatic heterocycles. The van der Waals surface area contributed by atoms with Gasteiger partial charge in [-0.3, -0.25) is 9.59 Å². The van der Waals surface area contributed by atoms with Gasteiger partial charge in [-0.15, -0.1) is 0 Å². The first kappa shape index (κ1) is 28.7. The van der Waals surface area contributed by atoms with E-state index in [1.807, 2.05) is 6.92 Å². The lowest BCUT2D eigenvalue weighted by Crippen LogP contribution is -2.29. The smallest absolute Gasteiger partial charge is 0.295 e. The van der Waals surface area contributed by atoms with Crippen LogP contribution in [0.15, 0.2) is 72.3 Å². The van der Waals surface area contributed by atoms with Crippen molar-refractivity contribution in [2.75, 3.05) is 20.3 Å². The van der Waals surface area contributed by atoms with Crippen molar-refractivity contribution in [3.05, 3.63) is 94.8 Å². The largest absolute Gasteiger partial charge is 0.507 e. The summed E-state index contributed by atoms with van der Waals surface area (Å²) >= 11 is 0. The molecule has 1 heterocycles. The van der Waals surface area contributed by atoms with E-state index in [0.29, 0.717) is 47.2 Å². The van der Waals surface area contributed by atoms with Gasteiger partial charge in [-0.1, -0.05) is 38.0 Å². The monoisotopic (exact) mass is 547 g/mol. The molecular weight excluding hydrogens is 513 g/mol. The summed E-state index contributed by atoms with van der Waals surface area (Å²) < 4.78 is 30.5. The maximum absolute atomic E-state index is 13.5. The number of likely N-dealkylation sites (tertiary alicyclic amines) is 1. The molecule has 0 saturated carbocycles. The molecule has 0 aromatic heterocycles. The molecule has 210 valence electrons. The van der Waals surface area contributed by atoms with Gasteiger partial charge < -0.3 is 24.2 Å². The highest BCUT2D eigenvalue weighted by atomic mass is 19.1. The van der Waals surface area contributed by atoms with Gasteiger partial charge in [-0.25, -0.2) is 4.39 Å². The molecule has 1 fully saturated rings. The molecule has 1 saturated heterocycles. The van der Waals surface area contributed by atoms with Gasteiger partial charge in [0.1, 0.15) is 17.3 Å². The van der Waals surface area contributed by atoms with Crippen molar-refractivity contribution >= 4 is 17.4 Å². The predicted octanol–water partition coefficient (Wildman–Crippen LogP) is 6.42. The van der Waals surface area contributed by atoms with E-state index in [1.165, 1.54) is 24.1 Å². The molecule has 0 spiro atoms. The van der Waals surface area contributed by atoms with Crippen LogP contribution in [0.4, 0.5) is 4.39 Å². The second-order valence-electron chi connectivity index (χ2n) is 9.48. The van der Waals surface area contributed by atoms with Gasteiger partial charge in [0.05, 0.1) is 31.9 Å². The van der Waals surface area contributed by atoms with Gasteiger partial charge >= 0.3 is 0 Å². The molecule has 1 amide bonds. The standard InChI is InChI=1S/C32H34FNO6/c1-4-6-7-18-40-25-15-10-22(11-16-25)30(35)28-29(23-12-17-26(38-3)27(19-23)39-5-2)34(32(37)31(28)36)20-21-8-13-24(33)14-9-21/h8-17,19,29,35H,4-7,18,20H2,1-3H3/b30-28-. The second-order valence-corrected chi connectivity index (χ2v) is 9.48. The van der Waals surface area contributed by atoms with Gasteiger partial charge in [-0.2, -0.15) is 0 Å². The molecule has 1 N–H and O–H groups in total. The number of rotatable bonds is 12. The van der Waals surface area contributed by atoms with Crippen molar-refractivity contribution in [1.82, 2.24) is 4.90 Å². The minimum atomic E-state index is -0.917. The fourth-order valence-corrected chi connectivity index (χ4v) is 4.71. The molecule has 0 radical (unpaired) electrons. The Morgan fingerprint density at radius 1 is 0.925 bits per heavy atom. The van der Waals surface area contributed by atoms with E-state index in [0.717, 1.165) is 19.3 Å². The Morgan fingerprint density at radius 3 is 2.30 bits per heavy atom. The quantitative estimate of drug-likeness (QED) is 0.122. The SMILES string of the molecule is CCCCCOc1ccc(/C(O)=C2/C(=O)C(=O)N(Cc3ccc(F)cc3)C2c2ccc(OC)c(OCC)c2)cc1. The van der Waals surface area contributed by atoms with Crippen LogP contribution < -0.4 is 14.2 Å². The highest BCUT2D eigenvalue weighted by Gasteiger charge is 2.46. The third-order valence-electron chi connectivity index (χ3n) is 6.75. The topological polar surface area (TPSA) is 85.3 Å². The molecule has 7 nitrogen and oxygen atoms in total. The van der Waals surface area contributed by atoms with Crippen LogP contribution in [0.5, 0.6) is 17.2 Å². The fourth-order valence-electron chi connectivity index (χ4n) is 4.71. The highest BCUT2D eigenvalue weighted by Crippen LogP contribution is 2.42. The first-order chi connectivity index (χ1) is 19.4. The number of carbonyl (C=O) groups is 2. The summed E-state index contributed by atoms with van der Waals surface area (Å²) in [5, 5.41) is 11.4. The fraction of sp³-hybridized carbons (Fsp3) is 0.312. The van der Waals surface area contributed by atoms with Crippen LogP contribution in [-0.2, 0) is 16.1 Å². The van der Waals surface area contributed by atoms with Crippen LogP contribution in [0, 0.1) is 5.82 Å². The van der Waals surface area contributed by atoms with Crippen molar-refractivity contribution < 1.29 is 33.3 Å². The van der Waals surface area contributed by atoms with Crippen molar-refractivity contribution in [3.63, 3.8) is 0 Å². The van der Waals surface area contributed by atoms with E-state index < -0.39 is 23.5 Å². The number of benzene rings is 3. The van der Waals surface area contributed by atoms with Crippen LogP contribution >= 0.6 is 0 Å². The summed E-state index contributed by atoms with van der Waals surface area (Å²) in [6.07, 6.45) is 3.12. The number of Topliss-reactive ketones (excluding diaryl/α,β-unsaturated/α-hetero) is 1. The van der Waals surface area contributed by atoms with Gasteiger partial charge in [0.2, 0.25) is 0 Å². The average Bonchev–Trinajstić information content (AvgIpc) is 3.21. The zero-order chi connectivity index (χ0) is 28.6. The highest BCUT2D eigenvalue weighted by molar-refractivity contribution is 6.46. The van der Waals surface area contributed by atoms with Gasteiger partial charge in [-0.05, 0) is 73.0 Å². The number of hydrogen-bond acceptors (Lipinski definition) is 6. The maximum Gasteiger partial charge on any atom is 0.295 e. The molecule has 40 heavy (non-hydrogen) atoms. The molecule has 1 aliphatic rings. The van der Waals surface area contributed by atoms with E-state index in [2.05, 4.69) is 6.92 Å². The molecule has 1 atom stereocenters. The number of ketones is 1. The second kappa shape index (κ2) is 13.2. The number of ether oxygens (including phenoxy) is 3. The molecule has 8 heteroatoms. The number of nitrogens with zero attached hydrogens (tertiary/aromatic N) is 1. The van der Waals surface area contributed by atoms with Crippen molar-refractivity contribution in [1.29, 1.82) is 0 Å². The Morgan fingerprint density at radius 2 is 1.65 bits per heavy atom. The van der Waals surface area contributed by atoms with Crippen LogP contribution in [0.3, 0.4) is 0 Å². The van der Waals surface area contributed by atoms with E-state index in [1.54, 1.807) is 54.6 Å². The summed E-state index contributed by atoms with van der Waals surface area (Å²) in [5.41, 5.74) is 1.53. The summed E-state index contributed by atoms with van der Waals surface area (Å²) in [5.74, 6) is -0.681. The van der Waals surface area contributed by atoms with Crippen molar-refractivity contribution in [2.45, 2.75) is 45.7 Å². The number of amides is 1. The Kier molecular flexibility index (Phi) is 9.43. The minimum absolute atomic E-state index is 0.0346. The third kappa shape index (κ3) is 6.28. The van der Waals surface area contributed by atoms with Crippen LogP contribution in [-0.4, -0.2) is 42.0 Å². The Balaban J connectivity index is 1.76. The molecule has 0 aliphatic carbocycles. The lowest BCUT2D eigenvalue weighted by Gasteiger charge is -2.26. The number of unbranched alkanes of at least 4 members (excludes halogenated alkanes) is 2. The number of halogens is 1. The summed E-state index contributed by atoms with van der Waals surface area (Å²) in [4.78, 5) is 28.1. The normalized spacial score (nSPS) is 16.3. The summed E-state index contributed by atoms with van der Waals surface area (Å²) in [6, 6.07) is 16.7. The van der Waals surface area contributed by atoms with E-state index >= 15 is 0 Å². The number of hydrogen-bond donors (Lipinski definition) is 1. The van der Waals surface area contributed by atoms with Crippen molar-refractivity contribution in [3.8, 4) is 17.2 Å². The van der Waals surface area contributed by atoms with Crippen molar-refractivity contribution in [2.24, 2.45) is 0 Å². The first-order valence-electron chi connectivity index (χ1n) is 13.4. The lowest BCUT2D eigenvalue weighted by molar-refractivity contribution is -0.140. The maximum atomic E-state index is 13.5. The summed E-state index contributed by atoms with van der Waals surface area (Å²) in [6.45, 7) is 4.96. The molecule has 1 unspecified atom stereocenters. The number of carbonyl (C=O) groups excluding carboxylic acids is 2. The summed E-state index contributed by atoms with van der Waals surface area (Å²) in [7, 11) is 1.52. The Labute approximate surface area is 233 Å². The molecular formula is C32H34FNO6. The molecule has 3 aromatic carbocycles. The van der Waals surface area contributed by atoms with E-state index in [4.69, 9.17) is 14.2 Å². The first-order valence-corrected chi connectivity index (χ1v) is 13.4. The van der Waals surface area contributed by atoms with Crippen LogP contribution in [0.2, 0.25) is 0 Å². The van der Waals surface area contributed by atoms with Crippen LogP contribution in [0.1, 0.15) is 55.8 Å². The number of methoxy groups -OCH3 is 1. The predicted molar refractivity (Wildman–Crippen MR) is 150 cm³/mol. The molecule has 3 aromatic rings. The third-order valence-corrected chi connectivity index (χ3v) is 6.75. The average molecular weight is 548 g/mol. The minimum Gasteiger partial charge on any atom is -0.507 e. The Bertz CT molecular complexity index is 1370. The van der Waals surface area contributed by atoms with Crippen LogP contribution in [0.25, 0.3) is 5.76 Å². The van der Waals surface area contributed by atoms with Gasteiger partial charge in [0, 0.05) is 12.1 Å². The zero-order valence-corrected chi connectivity index (χ0v) is 23.0. The van der Waals surface area contributed by atoms with E-state index in [-0.39, 0.29) is 17.9 Å². The molecule has 0 bridgehead atoms. The number of aliphatic hydroxyl groups is 1. The van der Waals surface area contributed by atoms with Gasteiger partial charge in [0.25, 0.3) is 11.7 Å². The lowest BCUT2D eigenvalue weighted by atomic mass is 9.94. The number of aliphatic hydroxyl groups excluding tert-OH is 1. The van der Waals surface area contributed by atoms with E-state index in [9.17, 15) is 19.1 Å².